The minimum atomic E-state index is -0.916. The highest BCUT2D eigenvalue weighted by atomic mass is 16.4. The average Bonchev–Trinajstić information content (AvgIpc) is 2.38. The molecule has 5 nitrogen and oxygen atoms in total. The summed E-state index contributed by atoms with van der Waals surface area (Å²) in [7, 11) is 1.71. The number of likely N-dealkylation sites (N-methyl/N-ethyl adjacent to an activating group) is 1. The molecule has 1 aromatic rings. The van der Waals surface area contributed by atoms with Crippen LogP contribution in [0.3, 0.4) is 0 Å². The summed E-state index contributed by atoms with van der Waals surface area (Å²) in [5.74, 6) is -0.790. The first-order valence-electron chi connectivity index (χ1n) is 6.36. The number of carbonyl (C=O) groups is 1. The van der Waals surface area contributed by atoms with Gasteiger partial charge in [-0.25, -0.2) is 0 Å². The number of rotatable bonds is 8. The highest BCUT2D eigenvalue weighted by Gasteiger charge is 2.17. The molecule has 0 heterocycles. The van der Waals surface area contributed by atoms with Crippen LogP contribution in [0.5, 0.6) is 0 Å². The van der Waals surface area contributed by atoms with Crippen LogP contribution in [0.1, 0.15) is 30.1 Å². The number of nitrogens with one attached hydrogen (secondary N) is 1. The minimum absolute atomic E-state index is 0.158. The smallest absolute Gasteiger partial charge is 0.303 e. The normalized spacial score (nSPS) is 14.1. The van der Waals surface area contributed by atoms with Gasteiger partial charge in [0.25, 0.3) is 0 Å². The Kier molecular flexibility index (Phi) is 6.49. The van der Waals surface area contributed by atoms with Gasteiger partial charge in [-0.3, -0.25) is 4.79 Å². The highest BCUT2D eigenvalue weighted by Crippen LogP contribution is 2.18. The molecular weight excluding hydrogens is 246 g/mol. The second-order valence-electron chi connectivity index (χ2n) is 4.56. The van der Waals surface area contributed by atoms with Gasteiger partial charge in [-0.2, -0.15) is 0 Å². The monoisotopic (exact) mass is 267 g/mol. The maximum atomic E-state index is 10.4. The van der Waals surface area contributed by atoms with E-state index in [1.165, 1.54) is 0 Å². The number of aliphatic carboxylic acids is 1. The Labute approximate surface area is 112 Å². The van der Waals surface area contributed by atoms with Gasteiger partial charge in [-0.1, -0.05) is 24.3 Å². The summed E-state index contributed by atoms with van der Waals surface area (Å²) in [6.07, 6.45) is -0.310. The molecule has 0 bridgehead atoms. The van der Waals surface area contributed by atoms with Crippen LogP contribution in [-0.2, 0) is 11.2 Å². The predicted octanol–water partition coefficient (Wildman–Crippen LogP) is 0.708. The van der Waals surface area contributed by atoms with E-state index >= 15 is 0 Å². The lowest BCUT2D eigenvalue weighted by Crippen LogP contribution is -2.29. The van der Waals surface area contributed by atoms with Crippen molar-refractivity contribution in [2.45, 2.75) is 31.5 Å². The van der Waals surface area contributed by atoms with Gasteiger partial charge in [-0.15, -0.1) is 0 Å². The standard InChI is InChI=1S/C14H21NO4/c1-15-9-12(16)14(19)11-7-5-10(6-8-11)3-2-4-13(17)18/h5-8,12,14-16,19H,2-4,9H2,1H3,(H,17,18). The summed E-state index contributed by atoms with van der Waals surface area (Å²) in [6, 6.07) is 7.23. The van der Waals surface area contributed by atoms with Gasteiger partial charge in [0.2, 0.25) is 0 Å². The molecule has 0 fully saturated rings. The molecule has 0 aliphatic carbocycles. The van der Waals surface area contributed by atoms with Crippen molar-refractivity contribution in [3.8, 4) is 0 Å². The van der Waals surface area contributed by atoms with Crippen molar-refractivity contribution in [3.05, 3.63) is 35.4 Å². The Morgan fingerprint density at radius 3 is 2.42 bits per heavy atom. The van der Waals surface area contributed by atoms with Crippen LogP contribution in [0.25, 0.3) is 0 Å². The van der Waals surface area contributed by atoms with Crippen molar-refractivity contribution in [1.82, 2.24) is 5.32 Å². The number of carboxylic acid groups (broad SMARTS) is 1. The Morgan fingerprint density at radius 2 is 1.89 bits per heavy atom. The van der Waals surface area contributed by atoms with E-state index < -0.39 is 18.2 Å². The highest BCUT2D eigenvalue weighted by molar-refractivity contribution is 5.66. The number of hydrogen-bond donors (Lipinski definition) is 4. The lowest BCUT2D eigenvalue weighted by Gasteiger charge is -2.18. The number of benzene rings is 1. The third kappa shape index (κ3) is 5.38. The fourth-order valence-corrected chi connectivity index (χ4v) is 1.87. The van der Waals surface area contributed by atoms with Gasteiger partial charge in [0, 0.05) is 13.0 Å². The molecule has 0 saturated heterocycles. The van der Waals surface area contributed by atoms with Gasteiger partial charge < -0.3 is 20.6 Å². The SMILES string of the molecule is CNCC(O)C(O)c1ccc(CCCC(=O)O)cc1. The molecule has 2 unspecified atom stereocenters. The molecule has 1 aromatic carbocycles. The second-order valence-corrected chi connectivity index (χ2v) is 4.56. The number of hydrogen-bond acceptors (Lipinski definition) is 4. The van der Waals surface area contributed by atoms with Crippen LogP contribution in [0.4, 0.5) is 0 Å². The van der Waals surface area contributed by atoms with Crippen molar-refractivity contribution in [2.24, 2.45) is 0 Å². The van der Waals surface area contributed by atoms with Crippen LogP contribution < -0.4 is 5.32 Å². The number of aliphatic hydroxyl groups is 2. The van der Waals surface area contributed by atoms with Crippen molar-refractivity contribution in [3.63, 3.8) is 0 Å². The zero-order valence-electron chi connectivity index (χ0n) is 11.0. The van der Waals surface area contributed by atoms with E-state index in [2.05, 4.69) is 5.32 Å². The molecule has 0 radical (unpaired) electrons. The quantitative estimate of drug-likeness (QED) is 0.557. The molecule has 0 aliphatic heterocycles. The molecule has 19 heavy (non-hydrogen) atoms. The van der Waals surface area contributed by atoms with Crippen LogP contribution >= 0.6 is 0 Å². The molecule has 0 saturated carbocycles. The van der Waals surface area contributed by atoms with Crippen LogP contribution in [0.2, 0.25) is 0 Å². The molecule has 0 spiro atoms. The first kappa shape index (κ1) is 15.6. The van der Waals surface area contributed by atoms with E-state index in [-0.39, 0.29) is 6.42 Å². The second kappa shape index (κ2) is 7.89. The van der Waals surface area contributed by atoms with E-state index in [9.17, 15) is 15.0 Å². The first-order valence-corrected chi connectivity index (χ1v) is 6.36. The fraction of sp³-hybridized carbons (Fsp3) is 0.500. The first-order chi connectivity index (χ1) is 9.04. The predicted molar refractivity (Wildman–Crippen MR) is 71.9 cm³/mol. The Bertz CT molecular complexity index is 391. The van der Waals surface area contributed by atoms with E-state index in [4.69, 9.17) is 5.11 Å². The fourth-order valence-electron chi connectivity index (χ4n) is 1.87. The summed E-state index contributed by atoms with van der Waals surface area (Å²) < 4.78 is 0. The van der Waals surface area contributed by atoms with Gasteiger partial charge in [-0.05, 0) is 31.0 Å². The molecule has 1 rings (SSSR count). The van der Waals surface area contributed by atoms with Crippen molar-refractivity contribution in [1.29, 1.82) is 0 Å². The maximum absolute atomic E-state index is 10.4. The van der Waals surface area contributed by atoms with E-state index in [1.807, 2.05) is 12.1 Å². The van der Waals surface area contributed by atoms with Gasteiger partial charge >= 0.3 is 5.97 Å². The van der Waals surface area contributed by atoms with Crippen LogP contribution in [0.15, 0.2) is 24.3 Å². The molecule has 106 valence electrons. The van der Waals surface area contributed by atoms with Gasteiger partial charge in [0.1, 0.15) is 6.10 Å². The lowest BCUT2D eigenvalue weighted by atomic mass is 10.0. The molecular formula is C14H21NO4. The summed E-state index contributed by atoms with van der Waals surface area (Å²) in [6.45, 7) is 0.321. The summed E-state index contributed by atoms with van der Waals surface area (Å²) in [5.41, 5.74) is 1.69. The van der Waals surface area contributed by atoms with E-state index in [0.717, 1.165) is 5.56 Å². The van der Waals surface area contributed by atoms with Crippen molar-refractivity contribution in [2.75, 3.05) is 13.6 Å². The van der Waals surface area contributed by atoms with Gasteiger partial charge in [0.15, 0.2) is 0 Å². The zero-order valence-corrected chi connectivity index (χ0v) is 11.0. The Morgan fingerprint density at radius 1 is 1.26 bits per heavy atom. The van der Waals surface area contributed by atoms with E-state index in [1.54, 1.807) is 19.2 Å². The minimum Gasteiger partial charge on any atom is -0.481 e. The van der Waals surface area contributed by atoms with E-state index in [0.29, 0.717) is 24.9 Å². The number of aliphatic hydroxyl groups excluding tert-OH is 2. The Hall–Kier alpha value is -1.43. The van der Waals surface area contributed by atoms with Crippen LogP contribution in [0, 0.1) is 0 Å². The molecule has 0 aliphatic rings. The summed E-state index contributed by atoms with van der Waals surface area (Å²) in [5, 5.41) is 30.9. The molecule has 0 amide bonds. The van der Waals surface area contributed by atoms with Crippen molar-refractivity contribution < 1.29 is 20.1 Å². The average molecular weight is 267 g/mol. The topological polar surface area (TPSA) is 89.8 Å². The molecule has 5 heteroatoms. The Balaban J connectivity index is 2.53. The maximum Gasteiger partial charge on any atom is 0.303 e. The number of carboxylic acids is 1. The summed E-state index contributed by atoms with van der Waals surface area (Å²) in [4.78, 5) is 10.4. The lowest BCUT2D eigenvalue weighted by molar-refractivity contribution is -0.137. The number of aryl methyl sites for hydroxylation is 1. The largest absolute Gasteiger partial charge is 0.481 e. The molecule has 0 aromatic heterocycles. The molecule has 4 N–H and O–H groups in total. The summed E-state index contributed by atoms with van der Waals surface area (Å²) >= 11 is 0. The van der Waals surface area contributed by atoms with Gasteiger partial charge in [0.05, 0.1) is 6.10 Å². The zero-order chi connectivity index (χ0) is 14.3. The third-order valence-corrected chi connectivity index (χ3v) is 2.96. The van der Waals surface area contributed by atoms with Crippen LogP contribution in [-0.4, -0.2) is 41.0 Å². The van der Waals surface area contributed by atoms with Crippen molar-refractivity contribution >= 4 is 5.97 Å². The third-order valence-electron chi connectivity index (χ3n) is 2.96. The molecule has 2 atom stereocenters.